The van der Waals surface area contributed by atoms with Gasteiger partial charge in [0.05, 0.1) is 12.2 Å². The molecule has 2 rings (SSSR count). The van der Waals surface area contributed by atoms with Crippen molar-refractivity contribution in [2.75, 3.05) is 26.2 Å². The van der Waals surface area contributed by atoms with Crippen molar-refractivity contribution in [3.8, 4) is 0 Å². The van der Waals surface area contributed by atoms with Gasteiger partial charge >= 0.3 is 0 Å². The summed E-state index contributed by atoms with van der Waals surface area (Å²) in [6, 6.07) is 0. The van der Waals surface area contributed by atoms with E-state index < -0.39 is 22.4 Å². The van der Waals surface area contributed by atoms with E-state index in [1.54, 1.807) is 0 Å². The molecule has 0 radical (unpaired) electrons. The lowest BCUT2D eigenvalue weighted by Gasteiger charge is -2.29. The average Bonchev–Trinajstić information content (AvgIpc) is 2.61. The molecule has 2 aliphatic heterocycles. The second kappa shape index (κ2) is 4.58. The number of aliphatic hydroxyl groups is 2. The van der Waals surface area contributed by atoms with Gasteiger partial charge in [-0.1, -0.05) is 6.42 Å². The van der Waals surface area contributed by atoms with Crippen LogP contribution in [0, 0.1) is 0 Å². The number of hydrogen-bond acceptors (Lipinski definition) is 4. The average molecular weight is 250 g/mol. The summed E-state index contributed by atoms with van der Waals surface area (Å²) < 4.78 is 26.8. The van der Waals surface area contributed by atoms with E-state index >= 15 is 0 Å². The molecule has 2 fully saturated rings. The molecule has 6 nitrogen and oxygen atoms in total. The molecular weight excluding hydrogens is 232 g/mol. The molecule has 2 N–H and O–H groups in total. The Morgan fingerprint density at radius 2 is 1.38 bits per heavy atom. The predicted molar refractivity (Wildman–Crippen MR) is 57.9 cm³/mol. The van der Waals surface area contributed by atoms with Crippen LogP contribution in [-0.2, 0) is 10.2 Å². The molecule has 0 aromatic carbocycles. The van der Waals surface area contributed by atoms with Gasteiger partial charge in [-0.25, -0.2) is 0 Å². The van der Waals surface area contributed by atoms with Crippen molar-refractivity contribution in [2.45, 2.75) is 31.5 Å². The molecule has 0 spiro atoms. The zero-order valence-corrected chi connectivity index (χ0v) is 9.93. The highest BCUT2D eigenvalue weighted by Crippen LogP contribution is 2.20. The summed E-state index contributed by atoms with van der Waals surface area (Å²) in [5, 5.41) is 18.7. The topological polar surface area (TPSA) is 81.1 Å². The van der Waals surface area contributed by atoms with Crippen molar-refractivity contribution in [2.24, 2.45) is 0 Å². The lowest BCUT2D eigenvalue weighted by atomic mass is 10.2. The Balaban J connectivity index is 2.07. The molecule has 2 saturated heterocycles. The third-order valence-electron chi connectivity index (χ3n) is 3.19. The largest absolute Gasteiger partial charge is 0.389 e. The van der Waals surface area contributed by atoms with E-state index in [1.165, 1.54) is 8.61 Å². The molecule has 0 unspecified atom stereocenters. The monoisotopic (exact) mass is 250 g/mol. The molecule has 0 bridgehead atoms. The van der Waals surface area contributed by atoms with E-state index in [-0.39, 0.29) is 13.1 Å². The fourth-order valence-corrected chi connectivity index (χ4v) is 3.91. The van der Waals surface area contributed by atoms with Crippen LogP contribution in [0.3, 0.4) is 0 Å². The van der Waals surface area contributed by atoms with Gasteiger partial charge in [0.2, 0.25) is 0 Å². The Bertz CT molecular complexity index is 329. The van der Waals surface area contributed by atoms with Crippen LogP contribution in [0.4, 0.5) is 0 Å². The Labute approximate surface area is 95.7 Å². The Morgan fingerprint density at radius 1 is 0.875 bits per heavy atom. The molecule has 0 aromatic heterocycles. The van der Waals surface area contributed by atoms with Gasteiger partial charge in [0.25, 0.3) is 10.2 Å². The molecule has 94 valence electrons. The first-order valence-electron chi connectivity index (χ1n) is 5.63. The summed E-state index contributed by atoms with van der Waals surface area (Å²) in [5.41, 5.74) is 0. The molecule has 0 amide bonds. The van der Waals surface area contributed by atoms with E-state index in [0.717, 1.165) is 19.3 Å². The van der Waals surface area contributed by atoms with Crippen molar-refractivity contribution in [1.29, 1.82) is 0 Å². The van der Waals surface area contributed by atoms with Crippen molar-refractivity contribution in [3.63, 3.8) is 0 Å². The second-order valence-corrected chi connectivity index (χ2v) is 6.35. The van der Waals surface area contributed by atoms with Gasteiger partial charge in [-0.15, -0.1) is 0 Å². The normalized spacial score (nSPS) is 34.4. The van der Waals surface area contributed by atoms with Gasteiger partial charge in [-0.2, -0.15) is 17.0 Å². The van der Waals surface area contributed by atoms with Crippen LogP contribution < -0.4 is 0 Å². The highest BCUT2D eigenvalue weighted by molar-refractivity contribution is 7.86. The third-order valence-corrected chi connectivity index (χ3v) is 5.16. The first-order chi connectivity index (χ1) is 7.51. The maximum Gasteiger partial charge on any atom is 0.282 e. The summed E-state index contributed by atoms with van der Waals surface area (Å²) in [7, 11) is -3.48. The summed E-state index contributed by atoms with van der Waals surface area (Å²) in [5.74, 6) is 0. The zero-order chi connectivity index (χ0) is 11.8. The van der Waals surface area contributed by atoms with Crippen molar-refractivity contribution < 1.29 is 18.6 Å². The molecule has 2 atom stereocenters. The third kappa shape index (κ3) is 2.23. The van der Waals surface area contributed by atoms with Crippen molar-refractivity contribution in [1.82, 2.24) is 8.61 Å². The van der Waals surface area contributed by atoms with Crippen LogP contribution in [-0.4, -0.2) is 65.6 Å². The summed E-state index contributed by atoms with van der Waals surface area (Å²) in [6.07, 6.45) is 0.923. The lowest BCUT2D eigenvalue weighted by Crippen LogP contribution is -2.45. The van der Waals surface area contributed by atoms with Crippen LogP contribution in [0.15, 0.2) is 0 Å². The van der Waals surface area contributed by atoms with Crippen LogP contribution in [0.25, 0.3) is 0 Å². The zero-order valence-electron chi connectivity index (χ0n) is 9.12. The van der Waals surface area contributed by atoms with E-state index in [4.69, 9.17) is 0 Å². The van der Waals surface area contributed by atoms with E-state index in [0.29, 0.717) is 13.1 Å². The number of β-amino-alcohol motifs (C(OH)–C–C–N with tert-alkyl or cyclic N) is 2. The minimum Gasteiger partial charge on any atom is -0.389 e. The van der Waals surface area contributed by atoms with Gasteiger partial charge in [0, 0.05) is 26.2 Å². The first kappa shape index (κ1) is 12.3. The maximum atomic E-state index is 12.1. The minimum atomic E-state index is -3.48. The highest BCUT2D eigenvalue weighted by atomic mass is 32.2. The molecule has 2 heterocycles. The van der Waals surface area contributed by atoms with Crippen LogP contribution in [0.2, 0.25) is 0 Å². The fourth-order valence-electron chi connectivity index (χ4n) is 2.18. The van der Waals surface area contributed by atoms with Gasteiger partial charge < -0.3 is 10.2 Å². The quantitative estimate of drug-likeness (QED) is 0.642. The van der Waals surface area contributed by atoms with Crippen molar-refractivity contribution in [3.05, 3.63) is 0 Å². The summed E-state index contributed by atoms with van der Waals surface area (Å²) >= 11 is 0. The minimum absolute atomic E-state index is 0.000000000000000222. The molecule has 2 aliphatic rings. The standard InChI is InChI=1S/C9H18N2O4S/c12-8-6-11(7-9(8)13)16(14,15)10-4-2-1-3-5-10/h8-9,12-13H,1-7H2/t8-,9+. The fraction of sp³-hybridized carbons (Fsp3) is 1.00. The van der Waals surface area contributed by atoms with Gasteiger partial charge in [-0.3, -0.25) is 0 Å². The van der Waals surface area contributed by atoms with Gasteiger partial charge in [0.15, 0.2) is 0 Å². The smallest absolute Gasteiger partial charge is 0.282 e. The second-order valence-electron chi connectivity index (χ2n) is 4.42. The van der Waals surface area contributed by atoms with Gasteiger partial charge in [0.1, 0.15) is 0 Å². The summed E-state index contributed by atoms with van der Waals surface area (Å²) in [6.45, 7) is 1.09. The number of hydrogen-bond donors (Lipinski definition) is 2. The number of aliphatic hydroxyl groups excluding tert-OH is 2. The van der Waals surface area contributed by atoms with Crippen molar-refractivity contribution >= 4 is 10.2 Å². The lowest BCUT2D eigenvalue weighted by molar-refractivity contribution is 0.0572. The number of rotatable bonds is 2. The first-order valence-corrected chi connectivity index (χ1v) is 7.03. The number of piperidine rings is 1. The molecule has 16 heavy (non-hydrogen) atoms. The van der Waals surface area contributed by atoms with Crippen LogP contribution in [0.5, 0.6) is 0 Å². The van der Waals surface area contributed by atoms with Gasteiger partial charge in [-0.05, 0) is 12.8 Å². The van der Waals surface area contributed by atoms with Crippen LogP contribution in [0.1, 0.15) is 19.3 Å². The Morgan fingerprint density at radius 3 is 1.88 bits per heavy atom. The Hall–Kier alpha value is -0.210. The molecule has 0 saturated carbocycles. The molecule has 7 heteroatoms. The highest BCUT2D eigenvalue weighted by Gasteiger charge is 2.39. The Kier molecular flexibility index (Phi) is 3.50. The van der Waals surface area contributed by atoms with E-state index in [1.807, 2.05) is 0 Å². The molecule has 0 aliphatic carbocycles. The molecular formula is C9H18N2O4S. The molecule has 0 aromatic rings. The van der Waals surface area contributed by atoms with E-state index in [2.05, 4.69) is 0 Å². The number of nitrogens with zero attached hydrogens (tertiary/aromatic N) is 2. The SMILES string of the molecule is O=S(=O)(N1CCCCC1)N1C[C@@H](O)[C@@H](O)C1. The van der Waals surface area contributed by atoms with Crippen LogP contribution >= 0.6 is 0 Å². The maximum absolute atomic E-state index is 12.1. The van der Waals surface area contributed by atoms with E-state index in [9.17, 15) is 18.6 Å². The predicted octanol–water partition coefficient (Wildman–Crippen LogP) is -1.25. The summed E-state index contributed by atoms with van der Waals surface area (Å²) in [4.78, 5) is 0.